The van der Waals surface area contributed by atoms with Crippen molar-refractivity contribution in [1.29, 1.82) is 0 Å². The number of methoxy groups -OCH3 is 1. The van der Waals surface area contributed by atoms with Gasteiger partial charge >= 0.3 is 0 Å². The van der Waals surface area contributed by atoms with Crippen LogP contribution >= 0.6 is 0 Å². The molecule has 0 saturated heterocycles. The fourth-order valence-corrected chi connectivity index (χ4v) is 4.02. The van der Waals surface area contributed by atoms with Gasteiger partial charge in [-0.1, -0.05) is 25.1 Å². The highest BCUT2D eigenvalue weighted by molar-refractivity contribution is 5.94. The average Bonchev–Trinajstić information content (AvgIpc) is 3.21. The van der Waals surface area contributed by atoms with Gasteiger partial charge < -0.3 is 15.0 Å². The third kappa shape index (κ3) is 4.78. The Hall–Kier alpha value is -2.82. The van der Waals surface area contributed by atoms with Gasteiger partial charge in [-0.3, -0.25) is 9.59 Å². The van der Waals surface area contributed by atoms with E-state index in [0.29, 0.717) is 12.0 Å². The summed E-state index contributed by atoms with van der Waals surface area (Å²) in [5.41, 5.74) is 4.02. The van der Waals surface area contributed by atoms with E-state index in [9.17, 15) is 9.59 Å². The molecule has 2 aromatic rings. The van der Waals surface area contributed by atoms with Gasteiger partial charge in [0.2, 0.25) is 5.91 Å². The Morgan fingerprint density at radius 1 is 1.14 bits per heavy atom. The van der Waals surface area contributed by atoms with E-state index in [1.54, 1.807) is 7.11 Å². The van der Waals surface area contributed by atoms with Gasteiger partial charge in [-0.15, -0.1) is 0 Å². The molecule has 154 valence electrons. The first-order valence-electron chi connectivity index (χ1n) is 10.2. The van der Waals surface area contributed by atoms with E-state index in [0.717, 1.165) is 41.7 Å². The normalized spacial score (nSPS) is 18.3. The highest BCUT2D eigenvalue weighted by atomic mass is 16.5. The van der Waals surface area contributed by atoms with Gasteiger partial charge in [0.15, 0.2) is 0 Å². The van der Waals surface area contributed by atoms with E-state index in [2.05, 4.69) is 12.2 Å². The maximum atomic E-state index is 12.9. The smallest absolute Gasteiger partial charge is 0.253 e. The second kappa shape index (κ2) is 9.12. The molecular formula is C24H30N2O3. The van der Waals surface area contributed by atoms with Gasteiger partial charge in [0.05, 0.1) is 7.11 Å². The molecule has 1 saturated carbocycles. The van der Waals surface area contributed by atoms with Crippen LogP contribution in [0.1, 0.15) is 48.5 Å². The number of hydrogen-bond donors (Lipinski definition) is 1. The number of carbonyl (C=O) groups is 2. The van der Waals surface area contributed by atoms with Crippen molar-refractivity contribution in [2.24, 2.45) is 0 Å². The molecule has 2 atom stereocenters. The van der Waals surface area contributed by atoms with Crippen LogP contribution in [-0.2, 0) is 4.79 Å². The Balaban J connectivity index is 1.67. The molecule has 0 radical (unpaired) electrons. The summed E-state index contributed by atoms with van der Waals surface area (Å²) < 4.78 is 5.27. The third-order valence-electron chi connectivity index (χ3n) is 5.84. The van der Waals surface area contributed by atoms with Gasteiger partial charge in [0.25, 0.3) is 5.91 Å². The molecule has 2 aromatic carbocycles. The van der Waals surface area contributed by atoms with Crippen molar-refractivity contribution in [3.63, 3.8) is 0 Å². The summed E-state index contributed by atoms with van der Waals surface area (Å²) in [6.45, 7) is 3.91. The highest BCUT2D eigenvalue weighted by Crippen LogP contribution is 2.28. The summed E-state index contributed by atoms with van der Waals surface area (Å²) in [4.78, 5) is 26.4. The van der Waals surface area contributed by atoms with E-state index < -0.39 is 0 Å². The molecule has 29 heavy (non-hydrogen) atoms. The van der Waals surface area contributed by atoms with Gasteiger partial charge in [-0.05, 0) is 67.1 Å². The van der Waals surface area contributed by atoms with Crippen LogP contribution in [0, 0.1) is 6.92 Å². The summed E-state index contributed by atoms with van der Waals surface area (Å²) in [5.74, 6) is 0.939. The Bertz CT molecular complexity index is 876. The second-order valence-electron chi connectivity index (χ2n) is 7.76. The van der Waals surface area contributed by atoms with E-state index >= 15 is 0 Å². The average molecular weight is 395 g/mol. The van der Waals surface area contributed by atoms with Crippen molar-refractivity contribution >= 4 is 11.8 Å². The lowest BCUT2D eigenvalue weighted by Gasteiger charge is -2.25. The lowest BCUT2D eigenvalue weighted by molar-refractivity contribution is -0.121. The minimum atomic E-state index is 0.0236. The van der Waals surface area contributed by atoms with E-state index in [1.807, 2.05) is 61.3 Å². The van der Waals surface area contributed by atoms with Crippen molar-refractivity contribution in [2.75, 3.05) is 14.2 Å². The quantitative estimate of drug-likeness (QED) is 0.799. The van der Waals surface area contributed by atoms with Gasteiger partial charge in [-0.25, -0.2) is 0 Å². The van der Waals surface area contributed by atoms with E-state index in [-0.39, 0.29) is 23.9 Å². The summed E-state index contributed by atoms with van der Waals surface area (Å²) >= 11 is 0. The molecule has 0 heterocycles. The second-order valence-corrected chi connectivity index (χ2v) is 7.76. The number of amides is 2. The Morgan fingerprint density at radius 2 is 1.86 bits per heavy atom. The monoisotopic (exact) mass is 394 g/mol. The molecule has 5 heteroatoms. The predicted molar refractivity (Wildman–Crippen MR) is 115 cm³/mol. The zero-order valence-corrected chi connectivity index (χ0v) is 17.7. The minimum absolute atomic E-state index is 0.0236. The minimum Gasteiger partial charge on any atom is -0.497 e. The molecule has 1 aliphatic carbocycles. The molecule has 2 amide bonds. The van der Waals surface area contributed by atoms with Crippen molar-refractivity contribution in [3.8, 4) is 16.9 Å². The molecule has 5 nitrogen and oxygen atoms in total. The molecule has 0 bridgehead atoms. The molecule has 3 rings (SSSR count). The molecule has 0 aromatic heterocycles. The van der Waals surface area contributed by atoms with Crippen LogP contribution in [0.25, 0.3) is 11.1 Å². The lowest BCUT2D eigenvalue weighted by atomic mass is 9.99. The summed E-state index contributed by atoms with van der Waals surface area (Å²) in [5, 5.41) is 3.05. The van der Waals surface area contributed by atoms with Gasteiger partial charge in [0.1, 0.15) is 5.75 Å². The fourth-order valence-electron chi connectivity index (χ4n) is 4.02. The molecule has 0 spiro atoms. The summed E-state index contributed by atoms with van der Waals surface area (Å²) in [7, 11) is 3.52. The zero-order chi connectivity index (χ0) is 21.0. The summed E-state index contributed by atoms with van der Waals surface area (Å²) in [6, 6.07) is 14.1. The largest absolute Gasteiger partial charge is 0.497 e. The topological polar surface area (TPSA) is 58.6 Å². The number of ether oxygens (including phenoxy) is 1. The lowest BCUT2D eigenvalue weighted by Crippen LogP contribution is -2.38. The van der Waals surface area contributed by atoms with Crippen LogP contribution < -0.4 is 10.1 Å². The molecule has 0 aliphatic heterocycles. The van der Waals surface area contributed by atoms with Crippen LogP contribution in [-0.4, -0.2) is 43.0 Å². The van der Waals surface area contributed by atoms with Crippen molar-refractivity contribution in [3.05, 3.63) is 53.6 Å². The van der Waals surface area contributed by atoms with Crippen molar-refractivity contribution in [2.45, 2.75) is 51.6 Å². The predicted octanol–water partition coefficient (Wildman–Crippen LogP) is 4.19. The number of nitrogens with zero attached hydrogens (tertiary/aromatic N) is 1. The van der Waals surface area contributed by atoms with E-state index in [1.165, 1.54) is 0 Å². The molecule has 0 unspecified atom stereocenters. The SMILES string of the molecule is CCC(=O)N[C@H]1CC[C@@H](N(C)C(=O)c2ccc(-c3ccc(OC)cc3C)cc2)C1. The number of nitrogens with one attached hydrogen (secondary N) is 1. The van der Waals surface area contributed by atoms with E-state index in [4.69, 9.17) is 4.74 Å². The van der Waals surface area contributed by atoms with Crippen LogP contribution in [0.4, 0.5) is 0 Å². The highest BCUT2D eigenvalue weighted by Gasteiger charge is 2.30. The molecule has 1 N–H and O–H groups in total. The Kier molecular flexibility index (Phi) is 6.57. The van der Waals surface area contributed by atoms with Crippen LogP contribution in [0.3, 0.4) is 0 Å². The molecular weight excluding hydrogens is 364 g/mol. The summed E-state index contributed by atoms with van der Waals surface area (Å²) in [6.07, 6.45) is 3.15. The maximum Gasteiger partial charge on any atom is 0.253 e. The number of benzene rings is 2. The number of hydrogen-bond acceptors (Lipinski definition) is 3. The van der Waals surface area contributed by atoms with Crippen molar-refractivity contribution in [1.82, 2.24) is 10.2 Å². The zero-order valence-electron chi connectivity index (χ0n) is 17.7. The van der Waals surface area contributed by atoms with Crippen LogP contribution in [0.15, 0.2) is 42.5 Å². The molecule has 1 aliphatic rings. The number of carbonyl (C=O) groups excluding carboxylic acids is 2. The Labute approximate surface area is 173 Å². The van der Waals surface area contributed by atoms with Crippen molar-refractivity contribution < 1.29 is 14.3 Å². The number of rotatable bonds is 6. The first-order valence-corrected chi connectivity index (χ1v) is 10.2. The van der Waals surface area contributed by atoms with Crippen LogP contribution in [0.5, 0.6) is 5.75 Å². The maximum absolute atomic E-state index is 12.9. The first-order chi connectivity index (χ1) is 13.9. The standard InChI is InChI=1S/C24H30N2O3/c1-5-23(27)25-19-10-11-20(15-19)26(3)24(28)18-8-6-17(7-9-18)22-13-12-21(29-4)14-16(22)2/h6-9,12-14,19-20H,5,10-11,15H2,1-4H3,(H,25,27)/t19-,20+/m0/s1. The fraction of sp³-hybridized carbons (Fsp3) is 0.417. The van der Waals surface area contributed by atoms with Gasteiger partial charge in [-0.2, -0.15) is 0 Å². The number of aryl methyl sites for hydroxylation is 1. The molecule has 1 fully saturated rings. The third-order valence-corrected chi connectivity index (χ3v) is 5.84. The first kappa shape index (κ1) is 20.9. The van der Waals surface area contributed by atoms with Crippen LogP contribution in [0.2, 0.25) is 0 Å². The van der Waals surface area contributed by atoms with Gasteiger partial charge in [0, 0.05) is 31.1 Å². The Morgan fingerprint density at radius 3 is 2.48 bits per heavy atom.